The zero-order chi connectivity index (χ0) is 14.6. The lowest BCUT2D eigenvalue weighted by Gasteiger charge is -2.13. The quantitative estimate of drug-likeness (QED) is 0.448. The van der Waals surface area contributed by atoms with Crippen LogP contribution in [0.4, 0.5) is 17.6 Å². The molecule has 0 aliphatic rings. The lowest BCUT2D eigenvalue weighted by Crippen LogP contribution is -2.20. The maximum absolute atomic E-state index is 12.9. The van der Waals surface area contributed by atoms with Gasteiger partial charge in [0, 0.05) is 11.8 Å². The molecule has 0 aromatic carbocycles. The largest absolute Gasteiger partial charge is 0.574 e. The maximum Gasteiger partial charge on any atom is 0.574 e. The number of pyridine rings is 1. The Hall–Kier alpha value is -1.13. The summed E-state index contributed by atoms with van der Waals surface area (Å²) < 4.78 is 57.2. The van der Waals surface area contributed by atoms with Crippen LogP contribution in [-0.4, -0.2) is 23.9 Å². The van der Waals surface area contributed by atoms with Gasteiger partial charge in [0.05, 0.1) is 15.7 Å². The van der Waals surface area contributed by atoms with Gasteiger partial charge in [-0.05, 0) is 29.5 Å². The zero-order valence-corrected chi connectivity index (χ0v) is 11.7. The number of hydrogen-bond donors (Lipinski definition) is 0. The molecule has 0 atom stereocenters. The molecular formula is C10H8F4INO3. The number of alkyl halides is 4. The van der Waals surface area contributed by atoms with Crippen molar-refractivity contribution in [3.8, 4) is 5.88 Å². The Bertz CT molecular complexity index is 479. The Morgan fingerprint density at radius 1 is 1.47 bits per heavy atom. The molecule has 1 rings (SSSR count). The molecule has 0 aliphatic carbocycles. The van der Waals surface area contributed by atoms with Crippen molar-refractivity contribution in [2.45, 2.75) is 20.0 Å². The first-order chi connectivity index (χ1) is 8.80. The summed E-state index contributed by atoms with van der Waals surface area (Å²) in [5.41, 5.74) is -0.462. The van der Waals surface area contributed by atoms with E-state index in [1.54, 1.807) is 6.92 Å². The summed E-state index contributed by atoms with van der Waals surface area (Å²) in [6.45, 7) is 0.470. The number of aromatic nitrogens is 1. The average molecular weight is 393 g/mol. The van der Waals surface area contributed by atoms with Crippen LogP contribution in [0, 0.1) is 3.57 Å². The summed E-state index contributed by atoms with van der Waals surface area (Å²) >= 11 is 1.43. The summed E-state index contributed by atoms with van der Waals surface area (Å²) in [6, 6.07) is 0. The van der Waals surface area contributed by atoms with Gasteiger partial charge in [0.1, 0.15) is 6.67 Å². The monoisotopic (exact) mass is 393 g/mol. The van der Waals surface area contributed by atoms with E-state index in [-0.39, 0.29) is 21.3 Å². The van der Waals surface area contributed by atoms with Crippen LogP contribution in [0.3, 0.4) is 0 Å². The molecule has 0 saturated carbocycles. The molecule has 0 aliphatic heterocycles. The topological polar surface area (TPSA) is 48.4 Å². The van der Waals surface area contributed by atoms with Gasteiger partial charge in [0.15, 0.2) is 0 Å². The van der Waals surface area contributed by atoms with Gasteiger partial charge in [-0.3, -0.25) is 0 Å². The van der Waals surface area contributed by atoms with Crippen molar-refractivity contribution in [1.29, 1.82) is 0 Å². The van der Waals surface area contributed by atoms with E-state index in [1.165, 1.54) is 22.6 Å². The minimum absolute atomic E-state index is 0.0575. The molecule has 0 bridgehead atoms. The Morgan fingerprint density at radius 2 is 2.11 bits per heavy atom. The minimum Gasteiger partial charge on any atom is -0.462 e. The minimum atomic E-state index is -4.94. The molecule has 0 radical (unpaired) electrons. The van der Waals surface area contributed by atoms with Crippen molar-refractivity contribution in [3.63, 3.8) is 0 Å². The summed E-state index contributed by atoms with van der Waals surface area (Å²) in [5.74, 6) is -1.65. The van der Waals surface area contributed by atoms with Gasteiger partial charge in [0.2, 0.25) is 5.88 Å². The van der Waals surface area contributed by atoms with Crippen molar-refractivity contribution in [2.24, 2.45) is 0 Å². The Labute approximate surface area is 119 Å². The van der Waals surface area contributed by atoms with Gasteiger partial charge in [-0.15, -0.1) is 13.2 Å². The number of nitrogens with zero attached hydrogens (tertiary/aromatic N) is 1. The van der Waals surface area contributed by atoms with E-state index in [0.29, 0.717) is 0 Å². The number of hydrogen-bond acceptors (Lipinski definition) is 4. The Balaban J connectivity index is 3.19. The molecule has 0 saturated heterocycles. The highest BCUT2D eigenvalue weighted by Crippen LogP contribution is 2.30. The highest BCUT2D eigenvalue weighted by molar-refractivity contribution is 14.1. The van der Waals surface area contributed by atoms with E-state index in [0.717, 1.165) is 6.20 Å². The van der Waals surface area contributed by atoms with Crippen LogP contribution in [0.15, 0.2) is 6.20 Å². The maximum atomic E-state index is 12.9. The van der Waals surface area contributed by atoms with Crippen molar-refractivity contribution in [1.82, 2.24) is 4.98 Å². The molecule has 0 unspecified atom stereocenters. The fourth-order valence-corrected chi connectivity index (χ4v) is 1.89. The summed E-state index contributed by atoms with van der Waals surface area (Å²) in [7, 11) is 0. The number of carbonyl (C=O) groups is 1. The smallest absolute Gasteiger partial charge is 0.462 e. The summed E-state index contributed by atoms with van der Waals surface area (Å²) in [4.78, 5) is 14.8. The van der Waals surface area contributed by atoms with E-state index < -0.39 is 24.9 Å². The van der Waals surface area contributed by atoms with Crippen LogP contribution in [0.5, 0.6) is 5.88 Å². The van der Waals surface area contributed by atoms with Crippen LogP contribution >= 0.6 is 22.6 Å². The summed E-state index contributed by atoms with van der Waals surface area (Å²) in [5, 5.41) is 0. The molecule has 0 fully saturated rings. The van der Waals surface area contributed by atoms with E-state index in [1.807, 2.05) is 0 Å². The number of carbonyl (C=O) groups excluding carboxylic acids is 1. The first-order valence-electron chi connectivity index (χ1n) is 4.96. The second-order valence-electron chi connectivity index (χ2n) is 3.17. The molecule has 0 amide bonds. The molecule has 9 heteroatoms. The number of ether oxygens (including phenoxy) is 2. The molecular weight excluding hydrogens is 385 g/mol. The normalized spacial score (nSPS) is 11.3. The second kappa shape index (κ2) is 6.35. The number of halogens is 5. The van der Waals surface area contributed by atoms with E-state index in [4.69, 9.17) is 0 Å². The van der Waals surface area contributed by atoms with Crippen molar-refractivity contribution in [2.75, 3.05) is 6.61 Å². The van der Waals surface area contributed by atoms with Crippen LogP contribution in [0.25, 0.3) is 0 Å². The molecule has 4 nitrogen and oxygen atoms in total. The zero-order valence-electron chi connectivity index (χ0n) is 9.55. The fraction of sp³-hybridized carbons (Fsp3) is 0.400. The highest BCUT2D eigenvalue weighted by atomic mass is 127. The van der Waals surface area contributed by atoms with Crippen LogP contribution in [0.1, 0.15) is 22.8 Å². The predicted octanol–water partition coefficient (Wildman–Crippen LogP) is 3.23. The average Bonchev–Trinajstić information content (AvgIpc) is 2.30. The lowest BCUT2D eigenvalue weighted by molar-refractivity contribution is -0.276. The summed E-state index contributed by atoms with van der Waals surface area (Å²) in [6.07, 6.45) is -4.14. The second-order valence-corrected chi connectivity index (χ2v) is 4.25. The number of esters is 1. The fourth-order valence-electron chi connectivity index (χ4n) is 1.20. The van der Waals surface area contributed by atoms with Gasteiger partial charge in [-0.1, -0.05) is 0 Å². The van der Waals surface area contributed by atoms with Crippen molar-refractivity contribution < 1.29 is 31.8 Å². The van der Waals surface area contributed by atoms with E-state index >= 15 is 0 Å². The molecule has 0 spiro atoms. The van der Waals surface area contributed by atoms with Gasteiger partial charge >= 0.3 is 12.3 Å². The van der Waals surface area contributed by atoms with Gasteiger partial charge in [0.25, 0.3) is 0 Å². The third-order valence-corrected chi connectivity index (χ3v) is 3.04. The number of rotatable bonds is 4. The van der Waals surface area contributed by atoms with E-state index in [9.17, 15) is 22.4 Å². The highest BCUT2D eigenvalue weighted by Gasteiger charge is 2.34. The van der Waals surface area contributed by atoms with E-state index in [2.05, 4.69) is 14.5 Å². The molecule has 1 aromatic heterocycles. The van der Waals surface area contributed by atoms with Crippen LogP contribution < -0.4 is 4.74 Å². The molecule has 1 aromatic rings. The third-order valence-electron chi connectivity index (χ3n) is 1.93. The Kier molecular flexibility index (Phi) is 5.32. The Morgan fingerprint density at radius 3 is 2.58 bits per heavy atom. The lowest BCUT2D eigenvalue weighted by atomic mass is 10.1. The van der Waals surface area contributed by atoms with Gasteiger partial charge < -0.3 is 9.47 Å². The standard InChI is InChI=1S/C10H8F4INO3/c1-2-18-9(17)6-4-16-8(19-10(12,13)14)7(15)5(6)3-11/h4H,2-3H2,1H3. The van der Waals surface area contributed by atoms with Crippen LogP contribution in [-0.2, 0) is 11.4 Å². The van der Waals surface area contributed by atoms with Crippen molar-refractivity contribution in [3.05, 3.63) is 20.9 Å². The molecule has 106 valence electrons. The van der Waals surface area contributed by atoms with Crippen LogP contribution in [0.2, 0.25) is 0 Å². The third kappa shape index (κ3) is 4.18. The van der Waals surface area contributed by atoms with Crippen molar-refractivity contribution >= 4 is 28.6 Å². The first-order valence-corrected chi connectivity index (χ1v) is 6.04. The SMILES string of the molecule is CCOC(=O)c1cnc(OC(F)(F)F)c(I)c1CF. The molecule has 19 heavy (non-hydrogen) atoms. The molecule has 1 heterocycles. The molecule has 0 N–H and O–H groups in total. The predicted molar refractivity (Wildman–Crippen MR) is 64.4 cm³/mol. The first kappa shape index (κ1) is 15.9. The van der Waals surface area contributed by atoms with Gasteiger partial charge in [-0.2, -0.15) is 0 Å². The van der Waals surface area contributed by atoms with Gasteiger partial charge in [-0.25, -0.2) is 14.2 Å².